The molecule has 2 fully saturated rings. The van der Waals surface area contributed by atoms with Gasteiger partial charge in [0.15, 0.2) is 0 Å². The van der Waals surface area contributed by atoms with E-state index in [1.165, 1.54) is 19.2 Å². The third-order valence-corrected chi connectivity index (χ3v) is 5.45. The average molecular weight is 354 g/mol. The predicted octanol–water partition coefficient (Wildman–Crippen LogP) is 1.22. The van der Waals surface area contributed by atoms with Gasteiger partial charge >= 0.3 is 5.97 Å². The Balaban J connectivity index is 1.40. The number of amides is 3. The quantitative estimate of drug-likeness (QED) is 0.499. The van der Waals surface area contributed by atoms with Crippen LogP contribution < -0.4 is 5.32 Å². The fraction of sp³-hybridized carbons (Fsp3) is 0.368. The number of carbonyl (C=O) groups excluding carboxylic acids is 4. The SMILES string of the molecule is COC(=O)c1ccc(NC(=O)CN2C(=O)[C@H]3[C@H](C2=O)[C@H]2C=C[C@H]3C2)cc1. The monoisotopic (exact) mass is 354 g/mol. The molecule has 0 spiro atoms. The van der Waals surface area contributed by atoms with Crippen molar-refractivity contribution in [2.75, 3.05) is 19.0 Å². The first-order valence-corrected chi connectivity index (χ1v) is 8.51. The molecule has 1 aromatic carbocycles. The zero-order chi connectivity index (χ0) is 18.4. The summed E-state index contributed by atoms with van der Waals surface area (Å²) in [4.78, 5) is 49.9. The van der Waals surface area contributed by atoms with Gasteiger partial charge in [-0.3, -0.25) is 19.3 Å². The van der Waals surface area contributed by atoms with Gasteiger partial charge in [-0.1, -0.05) is 12.2 Å². The lowest BCUT2D eigenvalue weighted by atomic mass is 9.85. The molecule has 0 aromatic heterocycles. The second-order valence-electron chi connectivity index (χ2n) is 6.88. The minimum Gasteiger partial charge on any atom is -0.465 e. The summed E-state index contributed by atoms with van der Waals surface area (Å²) in [6.45, 7) is -0.289. The van der Waals surface area contributed by atoms with E-state index in [1.807, 2.05) is 12.2 Å². The standard InChI is InChI=1S/C19H18N2O5/c1-26-19(25)10-4-6-13(7-5-10)20-14(22)9-21-17(23)15-11-2-3-12(8-11)16(15)18(21)24/h2-7,11-12,15-16H,8-9H2,1H3,(H,20,22)/t11-,12-,15+,16+/m0/s1. The van der Waals surface area contributed by atoms with Crippen molar-refractivity contribution >= 4 is 29.4 Å². The largest absolute Gasteiger partial charge is 0.465 e. The smallest absolute Gasteiger partial charge is 0.337 e. The molecule has 0 radical (unpaired) electrons. The molecule has 134 valence electrons. The Kier molecular flexibility index (Phi) is 3.86. The molecule has 4 rings (SSSR count). The Morgan fingerprint density at radius 3 is 2.19 bits per heavy atom. The average Bonchev–Trinajstić information content (AvgIpc) is 3.32. The highest BCUT2D eigenvalue weighted by Gasteiger charge is 2.59. The zero-order valence-electron chi connectivity index (χ0n) is 14.2. The van der Waals surface area contributed by atoms with E-state index in [-0.39, 0.29) is 42.0 Å². The van der Waals surface area contributed by atoms with E-state index in [0.717, 1.165) is 11.3 Å². The van der Waals surface area contributed by atoms with Crippen LogP contribution in [0.5, 0.6) is 0 Å². The Morgan fingerprint density at radius 2 is 1.65 bits per heavy atom. The highest BCUT2D eigenvalue weighted by atomic mass is 16.5. The van der Waals surface area contributed by atoms with E-state index < -0.39 is 11.9 Å². The summed E-state index contributed by atoms with van der Waals surface area (Å²) in [6.07, 6.45) is 4.90. The van der Waals surface area contributed by atoms with Gasteiger partial charge in [-0.05, 0) is 42.5 Å². The van der Waals surface area contributed by atoms with Crippen LogP contribution in [0, 0.1) is 23.7 Å². The van der Waals surface area contributed by atoms with Crippen LogP contribution >= 0.6 is 0 Å². The lowest BCUT2D eigenvalue weighted by Gasteiger charge is -2.16. The maximum atomic E-state index is 12.6. The minimum atomic E-state index is -0.467. The van der Waals surface area contributed by atoms with Crippen LogP contribution in [-0.2, 0) is 19.1 Å². The number of anilines is 1. The lowest BCUT2D eigenvalue weighted by Crippen LogP contribution is -2.39. The topological polar surface area (TPSA) is 92.8 Å². The molecule has 1 saturated carbocycles. The van der Waals surface area contributed by atoms with Gasteiger partial charge in [0.25, 0.3) is 0 Å². The number of allylic oxidation sites excluding steroid dienone is 2. The number of ether oxygens (including phenoxy) is 1. The highest BCUT2D eigenvalue weighted by Crippen LogP contribution is 2.52. The molecule has 0 unspecified atom stereocenters. The number of imide groups is 1. The van der Waals surface area contributed by atoms with Gasteiger partial charge in [-0.25, -0.2) is 4.79 Å². The second kappa shape index (κ2) is 6.09. The molecule has 2 bridgehead atoms. The van der Waals surface area contributed by atoms with Crippen molar-refractivity contribution in [1.82, 2.24) is 4.90 Å². The summed E-state index contributed by atoms with van der Waals surface area (Å²) in [6, 6.07) is 6.19. The number of hydrogen-bond donors (Lipinski definition) is 1. The number of rotatable bonds is 4. The van der Waals surface area contributed by atoms with Gasteiger partial charge in [-0.15, -0.1) is 0 Å². The Labute approximate surface area is 150 Å². The number of fused-ring (bicyclic) bond motifs is 5. The first-order chi connectivity index (χ1) is 12.5. The van der Waals surface area contributed by atoms with Crippen molar-refractivity contribution in [3.8, 4) is 0 Å². The molecule has 1 N–H and O–H groups in total. The first kappa shape index (κ1) is 16.5. The van der Waals surface area contributed by atoms with Gasteiger partial charge in [0, 0.05) is 5.69 Å². The summed E-state index contributed by atoms with van der Waals surface area (Å²) in [7, 11) is 1.29. The zero-order valence-corrected chi connectivity index (χ0v) is 14.2. The van der Waals surface area contributed by atoms with Crippen LogP contribution in [0.25, 0.3) is 0 Å². The molecule has 3 amide bonds. The molecule has 7 heteroatoms. The summed E-state index contributed by atoms with van der Waals surface area (Å²) < 4.78 is 4.62. The lowest BCUT2D eigenvalue weighted by molar-refractivity contribution is -0.143. The van der Waals surface area contributed by atoms with E-state index in [1.54, 1.807) is 12.1 Å². The van der Waals surface area contributed by atoms with Crippen molar-refractivity contribution in [1.29, 1.82) is 0 Å². The fourth-order valence-corrected chi connectivity index (χ4v) is 4.27. The Morgan fingerprint density at radius 1 is 1.08 bits per heavy atom. The van der Waals surface area contributed by atoms with E-state index in [0.29, 0.717) is 11.3 Å². The van der Waals surface area contributed by atoms with Crippen molar-refractivity contribution in [2.45, 2.75) is 6.42 Å². The molecule has 1 heterocycles. The summed E-state index contributed by atoms with van der Waals surface area (Å²) >= 11 is 0. The number of nitrogens with one attached hydrogen (secondary N) is 1. The van der Waals surface area contributed by atoms with Crippen molar-refractivity contribution in [3.63, 3.8) is 0 Å². The van der Waals surface area contributed by atoms with Gasteiger partial charge in [0.05, 0.1) is 24.5 Å². The van der Waals surface area contributed by atoms with Crippen molar-refractivity contribution in [2.24, 2.45) is 23.7 Å². The number of likely N-dealkylation sites (tertiary alicyclic amines) is 1. The van der Waals surface area contributed by atoms with Crippen LogP contribution in [0.1, 0.15) is 16.8 Å². The molecular weight excluding hydrogens is 336 g/mol. The fourth-order valence-electron chi connectivity index (χ4n) is 4.27. The van der Waals surface area contributed by atoms with Gasteiger partial charge in [0.1, 0.15) is 6.54 Å². The predicted molar refractivity (Wildman–Crippen MR) is 90.8 cm³/mol. The summed E-state index contributed by atoms with van der Waals surface area (Å²) in [5.41, 5.74) is 0.842. The van der Waals surface area contributed by atoms with E-state index in [9.17, 15) is 19.2 Å². The number of esters is 1. The maximum absolute atomic E-state index is 12.6. The number of nitrogens with zero attached hydrogens (tertiary/aromatic N) is 1. The maximum Gasteiger partial charge on any atom is 0.337 e. The summed E-state index contributed by atoms with van der Waals surface area (Å²) in [5.74, 6) is -1.75. The molecule has 1 saturated heterocycles. The Hall–Kier alpha value is -2.96. The second-order valence-corrected chi connectivity index (χ2v) is 6.88. The van der Waals surface area contributed by atoms with Crippen LogP contribution in [0.15, 0.2) is 36.4 Å². The molecule has 4 atom stereocenters. The number of carbonyl (C=O) groups is 4. The van der Waals surface area contributed by atoms with Gasteiger partial charge in [-0.2, -0.15) is 0 Å². The number of methoxy groups -OCH3 is 1. The van der Waals surface area contributed by atoms with Gasteiger partial charge < -0.3 is 10.1 Å². The van der Waals surface area contributed by atoms with E-state index in [4.69, 9.17) is 0 Å². The molecular formula is C19H18N2O5. The van der Waals surface area contributed by atoms with Crippen LogP contribution in [0.3, 0.4) is 0 Å². The van der Waals surface area contributed by atoms with Crippen LogP contribution in [0.4, 0.5) is 5.69 Å². The van der Waals surface area contributed by atoms with Crippen LogP contribution in [-0.4, -0.2) is 42.2 Å². The Bertz CT molecular complexity index is 799. The van der Waals surface area contributed by atoms with Gasteiger partial charge in [0.2, 0.25) is 17.7 Å². The summed E-state index contributed by atoms with van der Waals surface area (Å²) in [5, 5.41) is 2.65. The molecule has 1 aliphatic heterocycles. The molecule has 7 nitrogen and oxygen atoms in total. The van der Waals surface area contributed by atoms with E-state index >= 15 is 0 Å². The molecule has 3 aliphatic rings. The highest BCUT2D eigenvalue weighted by molar-refractivity contribution is 6.09. The third-order valence-electron chi connectivity index (χ3n) is 5.45. The first-order valence-electron chi connectivity index (χ1n) is 8.51. The molecule has 1 aromatic rings. The van der Waals surface area contributed by atoms with Crippen molar-refractivity contribution < 1.29 is 23.9 Å². The van der Waals surface area contributed by atoms with Crippen molar-refractivity contribution in [3.05, 3.63) is 42.0 Å². The number of benzene rings is 1. The number of hydrogen-bond acceptors (Lipinski definition) is 5. The minimum absolute atomic E-state index is 0.125. The molecule has 2 aliphatic carbocycles. The normalized spacial score (nSPS) is 28.4. The third kappa shape index (κ3) is 2.51. The van der Waals surface area contributed by atoms with E-state index in [2.05, 4.69) is 10.1 Å². The van der Waals surface area contributed by atoms with Crippen LogP contribution in [0.2, 0.25) is 0 Å². The molecule has 26 heavy (non-hydrogen) atoms.